The Hall–Kier alpha value is -3.06. The third-order valence-electron chi connectivity index (χ3n) is 3.98. The summed E-state index contributed by atoms with van der Waals surface area (Å²) in [6.07, 6.45) is 1.76. The number of ether oxygens (including phenoxy) is 2. The van der Waals surface area contributed by atoms with Gasteiger partial charge < -0.3 is 9.47 Å². The van der Waals surface area contributed by atoms with Crippen LogP contribution in [-0.4, -0.2) is 33.6 Å². The number of nitrogens with zero attached hydrogens (tertiary/aromatic N) is 3. The number of hydrogen-bond donors (Lipinski definition) is 0. The molecular weight excluding hydrogens is 374 g/mol. The van der Waals surface area contributed by atoms with Gasteiger partial charge in [0.25, 0.3) is 0 Å². The standard InChI is InChI=1S/C21H21N3O3S/c1-3-13-24-19(22-23-21(24)28-15-20(25)26-2)14-27-18-12-8-7-11-17(18)16-9-5-4-6-10-16/h3-12H,1,13-15H2,2H3. The predicted molar refractivity (Wildman–Crippen MR) is 109 cm³/mol. The molecule has 0 aliphatic rings. The van der Waals surface area contributed by atoms with E-state index in [-0.39, 0.29) is 18.3 Å². The molecule has 2 aromatic carbocycles. The SMILES string of the molecule is C=CCn1c(COc2ccccc2-c2ccccc2)nnc1SCC(=O)OC. The van der Waals surface area contributed by atoms with E-state index < -0.39 is 0 Å². The summed E-state index contributed by atoms with van der Waals surface area (Å²) in [6.45, 7) is 4.56. The fraction of sp³-hybridized carbons (Fsp3) is 0.190. The van der Waals surface area contributed by atoms with Gasteiger partial charge in [0.15, 0.2) is 11.0 Å². The highest BCUT2D eigenvalue weighted by atomic mass is 32.2. The zero-order chi connectivity index (χ0) is 19.8. The van der Waals surface area contributed by atoms with Gasteiger partial charge in [-0.3, -0.25) is 9.36 Å². The Labute approximate surface area is 168 Å². The van der Waals surface area contributed by atoms with Crippen LogP contribution >= 0.6 is 11.8 Å². The average molecular weight is 395 g/mol. The van der Waals surface area contributed by atoms with Crippen molar-refractivity contribution < 1.29 is 14.3 Å². The van der Waals surface area contributed by atoms with E-state index in [4.69, 9.17) is 4.74 Å². The molecule has 0 N–H and O–H groups in total. The van der Waals surface area contributed by atoms with Crippen molar-refractivity contribution in [2.45, 2.75) is 18.3 Å². The number of carbonyl (C=O) groups excluding carboxylic acids is 1. The molecule has 0 atom stereocenters. The molecule has 0 unspecified atom stereocenters. The number of allylic oxidation sites excluding steroid dienone is 1. The minimum atomic E-state index is -0.312. The Morgan fingerprint density at radius 1 is 1.14 bits per heavy atom. The molecule has 1 heterocycles. The molecule has 1 aromatic heterocycles. The molecule has 0 radical (unpaired) electrons. The van der Waals surface area contributed by atoms with Gasteiger partial charge in [0.2, 0.25) is 0 Å². The van der Waals surface area contributed by atoms with Gasteiger partial charge in [0.05, 0.1) is 12.9 Å². The lowest BCUT2D eigenvalue weighted by molar-refractivity contribution is -0.137. The molecule has 0 amide bonds. The van der Waals surface area contributed by atoms with E-state index in [9.17, 15) is 4.79 Å². The van der Waals surface area contributed by atoms with E-state index >= 15 is 0 Å². The summed E-state index contributed by atoms with van der Waals surface area (Å²) in [6, 6.07) is 18.0. The summed E-state index contributed by atoms with van der Waals surface area (Å²) in [5.74, 6) is 1.29. The smallest absolute Gasteiger partial charge is 0.316 e. The van der Waals surface area contributed by atoms with Gasteiger partial charge in [-0.2, -0.15) is 0 Å². The maximum absolute atomic E-state index is 11.4. The van der Waals surface area contributed by atoms with E-state index in [1.165, 1.54) is 18.9 Å². The highest BCUT2D eigenvalue weighted by Gasteiger charge is 2.15. The Bertz CT molecular complexity index is 941. The molecule has 3 aromatic rings. The van der Waals surface area contributed by atoms with Crippen molar-refractivity contribution in [3.63, 3.8) is 0 Å². The van der Waals surface area contributed by atoms with Gasteiger partial charge in [-0.15, -0.1) is 16.8 Å². The van der Waals surface area contributed by atoms with Crippen molar-refractivity contribution in [3.8, 4) is 16.9 Å². The number of esters is 1. The van der Waals surface area contributed by atoms with Crippen LogP contribution in [0.3, 0.4) is 0 Å². The summed E-state index contributed by atoms with van der Waals surface area (Å²) < 4.78 is 12.6. The second kappa shape index (κ2) is 9.75. The average Bonchev–Trinajstić information content (AvgIpc) is 3.13. The second-order valence-corrected chi connectivity index (χ2v) is 6.76. The number of aromatic nitrogens is 3. The van der Waals surface area contributed by atoms with Gasteiger partial charge >= 0.3 is 5.97 Å². The van der Waals surface area contributed by atoms with E-state index in [1.807, 2.05) is 59.2 Å². The van der Waals surface area contributed by atoms with Gasteiger partial charge in [0.1, 0.15) is 12.4 Å². The van der Waals surface area contributed by atoms with E-state index in [0.29, 0.717) is 17.5 Å². The summed E-state index contributed by atoms with van der Waals surface area (Å²) in [5.41, 5.74) is 2.10. The quantitative estimate of drug-likeness (QED) is 0.310. The number of methoxy groups -OCH3 is 1. The number of carbonyl (C=O) groups is 1. The maximum atomic E-state index is 11.4. The first-order valence-electron chi connectivity index (χ1n) is 8.72. The number of thioether (sulfide) groups is 1. The fourth-order valence-corrected chi connectivity index (χ4v) is 3.42. The molecule has 7 heteroatoms. The van der Waals surface area contributed by atoms with Crippen LogP contribution in [0.1, 0.15) is 5.82 Å². The Balaban J connectivity index is 1.77. The van der Waals surface area contributed by atoms with Gasteiger partial charge in [-0.25, -0.2) is 0 Å². The number of benzene rings is 2. The molecule has 0 aliphatic heterocycles. The summed E-state index contributed by atoms with van der Waals surface area (Å²) in [7, 11) is 1.36. The second-order valence-electron chi connectivity index (χ2n) is 5.81. The Morgan fingerprint density at radius 2 is 1.89 bits per heavy atom. The van der Waals surface area contributed by atoms with Crippen LogP contribution < -0.4 is 4.74 Å². The summed E-state index contributed by atoms with van der Waals surface area (Å²) in [4.78, 5) is 11.4. The van der Waals surface area contributed by atoms with Crippen LogP contribution in [0.25, 0.3) is 11.1 Å². The lowest BCUT2D eigenvalue weighted by Crippen LogP contribution is -2.09. The molecular formula is C21H21N3O3S. The third-order valence-corrected chi connectivity index (χ3v) is 4.92. The minimum absolute atomic E-state index is 0.170. The van der Waals surface area contributed by atoms with E-state index in [1.54, 1.807) is 6.08 Å². The third kappa shape index (κ3) is 4.80. The van der Waals surface area contributed by atoms with Crippen molar-refractivity contribution >= 4 is 17.7 Å². The summed E-state index contributed by atoms with van der Waals surface area (Å²) >= 11 is 1.27. The monoisotopic (exact) mass is 395 g/mol. The van der Waals surface area contributed by atoms with Crippen LogP contribution in [0, 0.1) is 0 Å². The summed E-state index contributed by atoms with van der Waals surface area (Å²) in [5, 5.41) is 9.02. The fourth-order valence-electron chi connectivity index (χ4n) is 2.62. The largest absolute Gasteiger partial charge is 0.485 e. The predicted octanol–water partition coefficient (Wildman–Crippen LogP) is 3.98. The van der Waals surface area contributed by atoms with Crippen molar-refractivity contribution in [2.24, 2.45) is 0 Å². The number of para-hydroxylation sites is 1. The van der Waals surface area contributed by atoms with Crippen LogP contribution in [0.15, 0.2) is 72.4 Å². The molecule has 0 saturated heterocycles. The zero-order valence-corrected chi connectivity index (χ0v) is 16.4. The molecule has 0 fully saturated rings. The molecule has 0 saturated carbocycles. The maximum Gasteiger partial charge on any atom is 0.316 e. The van der Waals surface area contributed by atoms with Gasteiger partial charge in [0, 0.05) is 12.1 Å². The molecule has 3 rings (SSSR count). The first-order chi connectivity index (χ1) is 13.7. The first kappa shape index (κ1) is 19.7. The van der Waals surface area contributed by atoms with Crippen molar-refractivity contribution in [1.29, 1.82) is 0 Å². The molecule has 0 aliphatic carbocycles. The molecule has 6 nitrogen and oxygen atoms in total. The van der Waals surface area contributed by atoms with E-state index in [2.05, 4.69) is 21.5 Å². The normalized spacial score (nSPS) is 10.5. The Morgan fingerprint density at radius 3 is 2.64 bits per heavy atom. The highest BCUT2D eigenvalue weighted by molar-refractivity contribution is 7.99. The van der Waals surface area contributed by atoms with Crippen LogP contribution in [-0.2, 0) is 22.7 Å². The van der Waals surface area contributed by atoms with Crippen molar-refractivity contribution in [3.05, 3.63) is 73.1 Å². The lowest BCUT2D eigenvalue weighted by Gasteiger charge is -2.12. The molecule has 0 bridgehead atoms. The van der Waals surface area contributed by atoms with Crippen LogP contribution in [0.4, 0.5) is 0 Å². The zero-order valence-electron chi connectivity index (χ0n) is 15.6. The molecule has 144 valence electrons. The van der Waals surface area contributed by atoms with E-state index in [0.717, 1.165) is 16.9 Å². The first-order valence-corrected chi connectivity index (χ1v) is 9.71. The van der Waals surface area contributed by atoms with Gasteiger partial charge in [-0.05, 0) is 11.6 Å². The lowest BCUT2D eigenvalue weighted by atomic mass is 10.1. The minimum Gasteiger partial charge on any atom is -0.485 e. The highest BCUT2D eigenvalue weighted by Crippen LogP contribution is 2.30. The molecule has 28 heavy (non-hydrogen) atoms. The molecule has 0 spiro atoms. The number of rotatable bonds is 9. The van der Waals surface area contributed by atoms with Crippen molar-refractivity contribution in [2.75, 3.05) is 12.9 Å². The van der Waals surface area contributed by atoms with Gasteiger partial charge in [-0.1, -0.05) is 66.4 Å². The van der Waals surface area contributed by atoms with Crippen molar-refractivity contribution in [1.82, 2.24) is 14.8 Å². The topological polar surface area (TPSA) is 66.2 Å². The van der Waals surface area contributed by atoms with Crippen LogP contribution in [0.2, 0.25) is 0 Å². The number of hydrogen-bond acceptors (Lipinski definition) is 6. The Kier molecular flexibility index (Phi) is 6.86. The van der Waals surface area contributed by atoms with Crippen LogP contribution in [0.5, 0.6) is 5.75 Å².